The van der Waals surface area contributed by atoms with Gasteiger partial charge >= 0.3 is 0 Å². The maximum atomic E-state index is 12.6. The molecule has 170 valence electrons. The summed E-state index contributed by atoms with van der Waals surface area (Å²) in [6.07, 6.45) is 0. The van der Waals surface area contributed by atoms with Crippen LogP contribution in [0.15, 0.2) is 119 Å². The number of hydrogen-bond donors (Lipinski definition) is 0. The Kier molecular flexibility index (Phi) is 7.72. The number of carbonyl (C=O) groups excluding carboxylic acids is 2. The molecule has 0 aliphatic carbocycles. The van der Waals surface area contributed by atoms with E-state index in [0.717, 1.165) is 32.5 Å². The van der Waals surface area contributed by atoms with Gasteiger partial charge in [-0.2, -0.15) is 0 Å². The zero-order valence-corrected chi connectivity index (χ0v) is 20.6. The SMILES string of the molecule is CC(=O)N(c1ccccc1)c1ccccc1SSc1ccccc1N(C(C)=O)c1ccccc1. The van der Waals surface area contributed by atoms with Gasteiger partial charge in [-0.3, -0.25) is 19.4 Å². The fourth-order valence-electron chi connectivity index (χ4n) is 3.65. The van der Waals surface area contributed by atoms with Crippen molar-refractivity contribution < 1.29 is 9.59 Å². The zero-order chi connectivity index (χ0) is 23.9. The molecule has 6 heteroatoms. The smallest absolute Gasteiger partial charge is 0.228 e. The molecule has 0 aromatic heterocycles. The van der Waals surface area contributed by atoms with Crippen LogP contribution in [0.1, 0.15) is 13.8 Å². The van der Waals surface area contributed by atoms with Crippen LogP contribution >= 0.6 is 21.6 Å². The van der Waals surface area contributed by atoms with E-state index in [9.17, 15) is 9.59 Å². The second kappa shape index (κ2) is 11.1. The average molecular weight is 485 g/mol. The summed E-state index contributed by atoms with van der Waals surface area (Å²) in [6.45, 7) is 3.14. The van der Waals surface area contributed by atoms with Gasteiger partial charge in [0.2, 0.25) is 11.8 Å². The van der Waals surface area contributed by atoms with Crippen molar-refractivity contribution in [3.63, 3.8) is 0 Å². The standard InChI is InChI=1S/C28H24N2O2S2/c1-21(31)29(23-13-5-3-6-14-23)25-17-9-11-19-27(25)33-34-28-20-12-10-18-26(28)30(22(2)32)24-15-7-4-8-16-24/h3-20H,1-2H3. The number of anilines is 4. The number of rotatable bonds is 7. The molecule has 0 saturated heterocycles. The van der Waals surface area contributed by atoms with Gasteiger partial charge in [-0.15, -0.1) is 0 Å². The van der Waals surface area contributed by atoms with Gasteiger partial charge in [0.05, 0.1) is 11.4 Å². The van der Waals surface area contributed by atoms with Crippen molar-refractivity contribution in [3.8, 4) is 0 Å². The van der Waals surface area contributed by atoms with Gasteiger partial charge in [0.15, 0.2) is 0 Å². The highest BCUT2D eigenvalue weighted by Gasteiger charge is 2.20. The fourth-order valence-corrected chi connectivity index (χ4v) is 5.97. The molecule has 2 amide bonds. The highest BCUT2D eigenvalue weighted by molar-refractivity contribution is 8.76. The molecule has 34 heavy (non-hydrogen) atoms. The van der Waals surface area contributed by atoms with E-state index in [1.54, 1.807) is 45.2 Å². The molecule has 0 N–H and O–H groups in total. The summed E-state index contributed by atoms with van der Waals surface area (Å²) in [4.78, 5) is 30.6. The number of hydrogen-bond acceptors (Lipinski definition) is 4. The summed E-state index contributed by atoms with van der Waals surface area (Å²) in [5, 5.41) is 0. The van der Waals surface area contributed by atoms with E-state index in [1.165, 1.54) is 0 Å². The first kappa shape index (κ1) is 23.7. The molecular formula is C28H24N2O2S2. The van der Waals surface area contributed by atoms with Crippen molar-refractivity contribution in [2.45, 2.75) is 23.6 Å². The highest BCUT2D eigenvalue weighted by atomic mass is 33.1. The molecule has 0 saturated carbocycles. The molecular weight excluding hydrogens is 460 g/mol. The summed E-state index contributed by atoms with van der Waals surface area (Å²) in [7, 11) is 3.13. The minimum atomic E-state index is -0.0588. The number of nitrogens with zero attached hydrogens (tertiary/aromatic N) is 2. The van der Waals surface area contributed by atoms with E-state index in [0.29, 0.717) is 0 Å². The Hall–Kier alpha value is -3.48. The summed E-state index contributed by atoms with van der Waals surface area (Å²) < 4.78 is 0. The van der Waals surface area contributed by atoms with Gasteiger partial charge in [0.25, 0.3) is 0 Å². The van der Waals surface area contributed by atoms with Crippen molar-refractivity contribution in [2.75, 3.05) is 9.80 Å². The lowest BCUT2D eigenvalue weighted by Gasteiger charge is -2.25. The fraction of sp³-hybridized carbons (Fsp3) is 0.0714. The summed E-state index contributed by atoms with van der Waals surface area (Å²) in [5.74, 6) is -0.118. The minimum Gasteiger partial charge on any atom is -0.280 e. The molecule has 0 unspecified atom stereocenters. The number of amides is 2. The van der Waals surface area contributed by atoms with E-state index >= 15 is 0 Å². The Morgan fingerprint density at radius 2 is 0.824 bits per heavy atom. The van der Waals surface area contributed by atoms with Crippen LogP contribution in [0.3, 0.4) is 0 Å². The third-order valence-corrected chi connectivity index (χ3v) is 7.55. The van der Waals surface area contributed by atoms with Gasteiger partial charge < -0.3 is 0 Å². The van der Waals surface area contributed by atoms with Crippen LogP contribution in [0.2, 0.25) is 0 Å². The van der Waals surface area contributed by atoms with Crippen LogP contribution in [0.5, 0.6) is 0 Å². The number of benzene rings is 4. The third kappa shape index (κ3) is 5.35. The molecule has 0 atom stereocenters. The zero-order valence-electron chi connectivity index (χ0n) is 18.9. The van der Waals surface area contributed by atoms with Gasteiger partial charge in [-0.25, -0.2) is 0 Å². The summed E-state index contributed by atoms with van der Waals surface area (Å²) in [6, 6.07) is 35.0. The van der Waals surface area contributed by atoms with E-state index < -0.39 is 0 Å². The van der Waals surface area contributed by atoms with Crippen LogP contribution in [-0.2, 0) is 9.59 Å². The molecule has 0 fully saturated rings. The van der Waals surface area contributed by atoms with Crippen LogP contribution in [-0.4, -0.2) is 11.8 Å². The first-order valence-corrected chi connectivity index (χ1v) is 13.0. The topological polar surface area (TPSA) is 40.6 Å². The van der Waals surface area contributed by atoms with E-state index in [-0.39, 0.29) is 11.8 Å². The van der Waals surface area contributed by atoms with Gasteiger partial charge in [0, 0.05) is 35.0 Å². The highest BCUT2D eigenvalue weighted by Crippen LogP contribution is 2.47. The van der Waals surface area contributed by atoms with Crippen molar-refractivity contribution in [1.29, 1.82) is 0 Å². The van der Waals surface area contributed by atoms with E-state index in [1.807, 2.05) is 109 Å². The molecule has 4 aromatic carbocycles. The Morgan fingerprint density at radius 1 is 0.500 bits per heavy atom. The van der Waals surface area contributed by atoms with Crippen molar-refractivity contribution >= 4 is 56.2 Å². The minimum absolute atomic E-state index is 0.0588. The molecule has 0 heterocycles. The monoisotopic (exact) mass is 484 g/mol. The Bertz CT molecular complexity index is 1180. The van der Waals surface area contributed by atoms with Crippen LogP contribution < -0.4 is 9.80 Å². The first-order valence-electron chi connectivity index (χ1n) is 10.8. The second-order valence-electron chi connectivity index (χ2n) is 7.48. The maximum absolute atomic E-state index is 12.6. The van der Waals surface area contributed by atoms with Crippen molar-refractivity contribution in [3.05, 3.63) is 109 Å². The van der Waals surface area contributed by atoms with E-state index in [4.69, 9.17) is 0 Å². The quantitative estimate of drug-likeness (QED) is 0.250. The maximum Gasteiger partial charge on any atom is 0.228 e. The van der Waals surface area contributed by atoms with Crippen molar-refractivity contribution in [1.82, 2.24) is 0 Å². The number of carbonyl (C=O) groups is 2. The van der Waals surface area contributed by atoms with Crippen LogP contribution in [0.25, 0.3) is 0 Å². The van der Waals surface area contributed by atoms with Gasteiger partial charge in [0.1, 0.15) is 0 Å². The molecule has 4 nitrogen and oxygen atoms in total. The molecule has 0 spiro atoms. The average Bonchev–Trinajstić information content (AvgIpc) is 2.85. The lowest BCUT2D eigenvalue weighted by atomic mass is 10.2. The molecule has 4 aromatic rings. The summed E-state index contributed by atoms with van der Waals surface area (Å²) in [5.41, 5.74) is 3.28. The van der Waals surface area contributed by atoms with Gasteiger partial charge in [-0.1, -0.05) is 82.3 Å². The lowest BCUT2D eigenvalue weighted by Crippen LogP contribution is -2.23. The van der Waals surface area contributed by atoms with Crippen LogP contribution in [0.4, 0.5) is 22.7 Å². The molecule has 0 radical (unpaired) electrons. The summed E-state index contributed by atoms with van der Waals surface area (Å²) >= 11 is 0. The van der Waals surface area contributed by atoms with Gasteiger partial charge in [-0.05, 0) is 48.5 Å². The Balaban J connectivity index is 1.66. The second-order valence-corrected chi connectivity index (χ2v) is 9.70. The lowest BCUT2D eigenvalue weighted by molar-refractivity contribution is -0.116. The predicted molar refractivity (Wildman–Crippen MR) is 143 cm³/mol. The largest absolute Gasteiger partial charge is 0.280 e. The molecule has 4 rings (SSSR count). The van der Waals surface area contributed by atoms with Crippen LogP contribution in [0, 0.1) is 0 Å². The van der Waals surface area contributed by atoms with Crippen molar-refractivity contribution in [2.24, 2.45) is 0 Å². The van der Waals surface area contributed by atoms with E-state index in [2.05, 4.69) is 0 Å². The number of para-hydroxylation sites is 4. The normalized spacial score (nSPS) is 10.5. The predicted octanol–water partition coefficient (Wildman–Crippen LogP) is 7.86. The molecule has 0 aliphatic heterocycles. The third-order valence-electron chi connectivity index (χ3n) is 5.09. The molecule has 0 aliphatic rings. The molecule has 0 bridgehead atoms. The Labute approximate surface area is 208 Å². The Morgan fingerprint density at radius 3 is 1.18 bits per heavy atom. The first-order chi connectivity index (χ1) is 16.6.